The normalized spacial score (nSPS) is 12.0. The number of hydrogen-bond acceptors (Lipinski definition) is 2. The third kappa shape index (κ3) is 3.15. The number of aromatic amines is 1. The van der Waals surface area contributed by atoms with Gasteiger partial charge in [0.05, 0.1) is 7.11 Å². The first-order valence-electron chi connectivity index (χ1n) is 7.42. The van der Waals surface area contributed by atoms with Crippen molar-refractivity contribution in [3.05, 3.63) is 30.0 Å². The maximum Gasteiger partial charge on any atom is 0.119 e. The van der Waals surface area contributed by atoms with Crippen LogP contribution >= 0.6 is 0 Å². The van der Waals surface area contributed by atoms with Crippen LogP contribution in [0.1, 0.15) is 33.3 Å². The van der Waals surface area contributed by atoms with Crippen LogP contribution in [0.25, 0.3) is 10.9 Å². The van der Waals surface area contributed by atoms with E-state index >= 15 is 0 Å². The zero-order valence-corrected chi connectivity index (χ0v) is 13.2. The largest absolute Gasteiger partial charge is 0.497 e. The molecular weight excluding hydrogens is 248 g/mol. The Bertz CT molecular complexity index is 549. The monoisotopic (exact) mass is 274 g/mol. The molecule has 2 rings (SSSR count). The topological polar surface area (TPSA) is 28.3 Å². The zero-order valence-electron chi connectivity index (χ0n) is 13.2. The van der Waals surface area contributed by atoms with Gasteiger partial charge in [-0.05, 0) is 57.9 Å². The highest BCUT2D eigenvalue weighted by atomic mass is 16.5. The maximum absolute atomic E-state index is 5.32. The van der Waals surface area contributed by atoms with Crippen LogP contribution in [0.2, 0.25) is 0 Å². The Balaban J connectivity index is 2.17. The fourth-order valence-electron chi connectivity index (χ4n) is 2.85. The summed E-state index contributed by atoms with van der Waals surface area (Å²) in [6, 6.07) is 7.36. The minimum atomic E-state index is 0.578. The molecule has 0 bridgehead atoms. The fourth-order valence-corrected chi connectivity index (χ4v) is 2.85. The molecular formula is C17H26N2O. The molecule has 1 N–H and O–H groups in total. The van der Waals surface area contributed by atoms with Crippen molar-refractivity contribution in [3.63, 3.8) is 0 Å². The van der Waals surface area contributed by atoms with E-state index in [4.69, 9.17) is 4.74 Å². The Labute approximate surface area is 121 Å². The molecule has 0 saturated heterocycles. The summed E-state index contributed by atoms with van der Waals surface area (Å²) in [6.45, 7) is 10.1. The number of methoxy groups -OCH3 is 1. The van der Waals surface area contributed by atoms with Crippen molar-refractivity contribution in [2.75, 3.05) is 13.7 Å². The second-order valence-electron chi connectivity index (χ2n) is 5.90. The summed E-state index contributed by atoms with van der Waals surface area (Å²) >= 11 is 0. The number of nitrogens with zero attached hydrogens (tertiary/aromatic N) is 1. The lowest BCUT2D eigenvalue weighted by atomic mass is 10.1. The molecule has 110 valence electrons. The van der Waals surface area contributed by atoms with Gasteiger partial charge in [0.15, 0.2) is 0 Å². The molecule has 3 heteroatoms. The number of nitrogens with one attached hydrogen (secondary N) is 1. The zero-order chi connectivity index (χ0) is 14.7. The maximum atomic E-state index is 5.32. The van der Waals surface area contributed by atoms with Gasteiger partial charge in [-0.15, -0.1) is 0 Å². The van der Waals surface area contributed by atoms with Crippen molar-refractivity contribution < 1.29 is 4.74 Å². The molecule has 0 aliphatic carbocycles. The third-order valence-electron chi connectivity index (χ3n) is 3.94. The van der Waals surface area contributed by atoms with Crippen LogP contribution in [0, 0.1) is 0 Å². The number of H-pyrrole nitrogens is 1. The molecule has 2 aromatic rings. The van der Waals surface area contributed by atoms with Gasteiger partial charge in [0.1, 0.15) is 5.75 Å². The number of benzene rings is 1. The third-order valence-corrected chi connectivity index (χ3v) is 3.94. The minimum Gasteiger partial charge on any atom is -0.497 e. The van der Waals surface area contributed by atoms with Gasteiger partial charge in [-0.25, -0.2) is 0 Å². The van der Waals surface area contributed by atoms with Crippen LogP contribution in [-0.2, 0) is 6.42 Å². The number of hydrogen-bond donors (Lipinski definition) is 1. The van der Waals surface area contributed by atoms with Gasteiger partial charge in [0, 0.05) is 35.7 Å². The Hall–Kier alpha value is -1.48. The van der Waals surface area contributed by atoms with Crippen LogP contribution in [0.15, 0.2) is 24.4 Å². The van der Waals surface area contributed by atoms with Crippen LogP contribution in [-0.4, -0.2) is 35.6 Å². The summed E-state index contributed by atoms with van der Waals surface area (Å²) in [4.78, 5) is 5.87. The molecule has 1 aromatic heterocycles. The molecule has 3 nitrogen and oxygen atoms in total. The van der Waals surface area contributed by atoms with Crippen molar-refractivity contribution in [2.45, 2.75) is 46.2 Å². The van der Waals surface area contributed by atoms with E-state index in [0.29, 0.717) is 12.1 Å². The molecule has 0 saturated carbocycles. The van der Waals surface area contributed by atoms with E-state index in [9.17, 15) is 0 Å². The van der Waals surface area contributed by atoms with E-state index in [0.717, 1.165) is 18.7 Å². The van der Waals surface area contributed by atoms with Gasteiger partial charge < -0.3 is 9.72 Å². The Kier molecular flexibility index (Phi) is 4.71. The summed E-state index contributed by atoms with van der Waals surface area (Å²) in [6.07, 6.45) is 3.19. The van der Waals surface area contributed by atoms with E-state index in [1.165, 1.54) is 16.5 Å². The number of rotatable bonds is 6. The Morgan fingerprint density at radius 2 is 1.85 bits per heavy atom. The van der Waals surface area contributed by atoms with Gasteiger partial charge in [-0.1, -0.05) is 0 Å². The molecule has 0 aliphatic rings. The van der Waals surface area contributed by atoms with Crippen LogP contribution in [0.3, 0.4) is 0 Å². The summed E-state index contributed by atoms with van der Waals surface area (Å²) in [5, 5.41) is 1.27. The van der Waals surface area contributed by atoms with Crippen LogP contribution in [0.4, 0.5) is 0 Å². The van der Waals surface area contributed by atoms with E-state index in [-0.39, 0.29) is 0 Å². The highest BCUT2D eigenvalue weighted by Gasteiger charge is 2.14. The van der Waals surface area contributed by atoms with Gasteiger partial charge in [-0.3, -0.25) is 4.90 Å². The second kappa shape index (κ2) is 6.31. The summed E-state index contributed by atoms with van der Waals surface area (Å²) < 4.78 is 5.32. The first-order chi connectivity index (χ1) is 9.52. The molecule has 20 heavy (non-hydrogen) atoms. The number of fused-ring (bicyclic) bond motifs is 1. The van der Waals surface area contributed by atoms with Crippen LogP contribution < -0.4 is 4.74 Å². The molecule has 1 heterocycles. The molecule has 0 spiro atoms. The predicted octanol–water partition coefficient (Wildman–Crippen LogP) is 3.84. The first-order valence-corrected chi connectivity index (χ1v) is 7.42. The Morgan fingerprint density at radius 3 is 2.45 bits per heavy atom. The van der Waals surface area contributed by atoms with E-state index in [1.54, 1.807) is 7.11 Å². The van der Waals surface area contributed by atoms with Crippen LogP contribution in [0.5, 0.6) is 5.75 Å². The number of ether oxygens (including phenoxy) is 1. The summed E-state index contributed by atoms with van der Waals surface area (Å²) in [5.74, 6) is 0.919. The van der Waals surface area contributed by atoms with Gasteiger partial charge in [0.2, 0.25) is 0 Å². The molecule has 0 atom stereocenters. The first kappa shape index (κ1) is 14.9. The van der Waals surface area contributed by atoms with Crippen molar-refractivity contribution in [3.8, 4) is 5.75 Å². The highest BCUT2D eigenvalue weighted by molar-refractivity contribution is 5.84. The summed E-state index contributed by atoms with van der Waals surface area (Å²) in [7, 11) is 1.72. The van der Waals surface area contributed by atoms with Crippen molar-refractivity contribution in [1.82, 2.24) is 9.88 Å². The van der Waals surface area contributed by atoms with E-state index < -0.39 is 0 Å². The minimum absolute atomic E-state index is 0.578. The van der Waals surface area contributed by atoms with Gasteiger partial charge >= 0.3 is 0 Å². The SMILES string of the molecule is COc1ccc2[nH]cc(CCN(C(C)C)C(C)C)c2c1. The smallest absolute Gasteiger partial charge is 0.119 e. The fraction of sp³-hybridized carbons (Fsp3) is 0.529. The van der Waals surface area contributed by atoms with Crippen molar-refractivity contribution >= 4 is 10.9 Å². The standard InChI is InChI=1S/C17H26N2O/c1-12(2)19(13(3)4)9-8-14-11-18-17-7-6-15(20-5)10-16(14)17/h6-7,10-13,18H,8-9H2,1-5H3. The lowest BCUT2D eigenvalue weighted by Crippen LogP contribution is -2.38. The lowest BCUT2D eigenvalue weighted by Gasteiger charge is -2.30. The lowest BCUT2D eigenvalue weighted by molar-refractivity contribution is 0.177. The van der Waals surface area contributed by atoms with Gasteiger partial charge in [-0.2, -0.15) is 0 Å². The highest BCUT2D eigenvalue weighted by Crippen LogP contribution is 2.24. The predicted molar refractivity (Wildman–Crippen MR) is 85.5 cm³/mol. The van der Waals surface area contributed by atoms with E-state index in [2.05, 4.69) is 55.9 Å². The molecule has 0 radical (unpaired) electrons. The molecule has 0 fully saturated rings. The summed E-state index contributed by atoms with van der Waals surface area (Å²) in [5.41, 5.74) is 2.55. The van der Waals surface area contributed by atoms with Gasteiger partial charge in [0.25, 0.3) is 0 Å². The molecule has 0 amide bonds. The average Bonchev–Trinajstić information content (AvgIpc) is 2.80. The average molecular weight is 274 g/mol. The molecule has 1 aromatic carbocycles. The molecule has 0 aliphatic heterocycles. The van der Waals surface area contributed by atoms with Crippen molar-refractivity contribution in [1.29, 1.82) is 0 Å². The second-order valence-corrected chi connectivity index (χ2v) is 5.90. The molecule has 0 unspecified atom stereocenters. The van der Waals surface area contributed by atoms with E-state index in [1.807, 2.05) is 6.07 Å². The van der Waals surface area contributed by atoms with Crippen molar-refractivity contribution in [2.24, 2.45) is 0 Å². The number of aromatic nitrogens is 1. The quantitative estimate of drug-likeness (QED) is 0.867. The Morgan fingerprint density at radius 1 is 1.15 bits per heavy atom.